The summed E-state index contributed by atoms with van der Waals surface area (Å²) in [5.74, 6) is 2.25. The van der Waals surface area contributed by atoms with E-state index in [0.717, 1.165) is 58.7 Å². The molecule has 0 spiro atoms. The maximum atomic E-state index is 9.77. The van der Waals surface area contributed by atoms with Crippen LogP contribution < -0.4 is 10.5 Å². The molecule has 1 fully saturated rings. The lowest BCUT2D eigenvalue weighted by Gasteiger charge is -2.24. The number of rotatable bonds is 4. The molecule has 0 amide bonds. The molecule has 32 heavy (non-hydrogen) atoms. The van der Waals surface area contributed by atoms with E-state index in [9.17, 15) is 5.26 Å². The largest absolute Gasteiger partial charge is 0.489 e. The second-order valence-electron chi connectivity index (χ2n) is 8.05. The summed E-state index contributed by atoms with van der Waals surface area (Å²) in [5.41, 5.74) is 11.0. The number of allylic oxidation sites excluding steroid dienone is 3. The minimum absolute atomic E-state index is 0.0841. The Labute approximate surface area is 187 Å². The summed E-state index contributed by atoms with van der Waals surface area (Å²) in [7, 11) is 0. The van der Waals surface area contributed by atoms with Crippen molar-refractivity contribution in [2.45, 2.75) is 25.4 Å². The molecule has 0 atom stereocenters. The summed E-state index contributed by atoms with van der Waals surface area (Å²) >= 11 is 0. The van der Waals surface area contributed by atoms with Gasteiger partial charge in [0.15, 0.2) is 0 Å². The normalized spacial score (nSPS) is 16.0. The summed E-state index contributed by atoms with van der Waals surface area (Å²) in [6, 6.07) is 17.8. The highest BCUT2D eigenvalue weighted by Crippen LogP contribution is 2.37. The molecule has 1 aliphatic heterocycles. The summed E-state index contributed by atoms with van der Waals surface area (Å²) in [6.45, 7) is 1.39. The van der Waals surface area contributed by atoms with Gasteiger partial charge in [-0.15, -0.1) is 0 Å². The van der Waals surface area contributed by atoms with Crippen molar-refractivity contribution in [1.82, 2.24) is 0 Å². The molecule has 160 valence electrons. The van der Waals surface area contributed by atoms with E-state index in [0.29, 0.717) is 24.5 Å². The van der Waals surface area contributed by atoms with E-state index in [1.54, 1.807) is 0 Å². The molecule has 1 aromatic heterocycles. The molecule has 0 saturated carbocycles. The molecular formula is C27H24N2O3. The van der Waals surface area contributed by atoms with Gasteiger partial charge in [0, 0.05) is 35.2 Å². The van der Waals surface area contributed by atoms with E-state index in [1.807, 2.05) is 54.6 Å². The van der Waals surface area contributed by atoms with Crippen molar-refractivity contribution in [2.75, 3.05) is 18.9 Å². The predicted octanol–water partition coefficient (Wildman–Crippen LogP) is 5.50. The predicted molar refractivity (Wildman–Crippen MR) is 124 cm³/mol. The fourth-order valence-electron chi connectivity index (χ4n) is 4.12. The van der Waals surface area contributed by atoms with Crippen molar-refractivity contribution in [3.63, 3.8) is 0 Å². The number of hydrogen-bond donors (Lipinski definition) is 1. The number of furan rings is 1. The SMILES string of the molecule is N#Cc1cc(C2=CC=CCc3cc(-c4ccc(N)cc4)oc32)ccc1OC1CCOCC1. The van der Waals surface area contributed by atoms with Crippen LogP contribution in [0.15, 0.2) is 71.2 Å². The minimum atomic E-state index is 0.0841. The van der Waals surface area contributed by atoms with Crippen molar-refractivity contribution >= 4 is 11.3 Å². The number of nitriles is 1. The summed E-state index contributed by atoms with van der Waals surface area (Å²) in [5, 5.41) is 9.77. The maximum Gasteiger partial charge on any atom is 0.138 e. The molecule has 2 aliphatic rings. The Bertz CT molecular complexity index is 1220. The van der Waals surface area contributed by atoms with Crippen LogP contribution in [0, 0.1) is 11.3 Å². The second kappa shape index (κ2) is 8.78. The van der Waals surface area contributed by atoms with Gasteiger partial charge in [-0.25, -0.2) is 0 Å². The number of nitrogens with two attached hydrogens (primary N) is 1. The van der Waals surface area contributed by atoms with Gasteiger partial charge in [-0.05, 0) is 54.4 Å². The average Bonchev–Trinajstić information content (AvgIpc) is 3.14. The molecule has 1 saturated heterocycles. The zero-order chi connectivity index (χ0) is 21.9. The van der Waals surface area contributed by atoms with Crippen LogP contribution in [-0.2, 0) is 11.2 Å². The number of benzene rings is 2. The van der Waals surface area contributed by atoms with Crippen LogP contribution in [0.2, 0.25) is 0 Å². The monoisotopic (exact) mass is 424 g/mol. The van der Waals surface area contributed by atoms with E-state index in [1.165, 1.54) is 0 Å². The van der Waals surface area contributed by atoms with Crippen molar-refractivity contribution in [3.8, 4) is 23.1 Å². The second-order valence-corrected chi connectivity index (χ2v) is 8.05. The van der Waals surface area contributed by atoms with E-state index in [-0.39, 0.29) is 6.10 Å². The van der Waals surface area contributed by atoms with Crippen LogP contribution in [0.5, 0.6) is 5.75 Å². The highest BCUT2D eigenvalue weighted by Gasteiger charge is 2.21. The smallest absolute Gasteiger partial charge is 0.138 e. The van der Waals surface area contributed by atoms with Gasteiger partial charge in [0.2, 0.25) is 0 Å². The highest BCUT2D eigenvalue weighted by molar-refractivity contribution is 5.83. The third-order valence-corrected chi connectivity index (χ3v) is 5.86. The Morgan fingerprint density at radius 2 is 1.78 bits per heavy atom. The summed E-state index contributed by atoms with van der Waals surface area (Å²) < 4.78 is 17.8. The molecule has 5 rings (SSSR count). The van der Waals surface area contributed by atoms with Crippen molar-refractivity contribution in [2.24, 2.45) is 0 Å². The number of anilines is 1. The van der Waals surface area contributed by atoms with Crippen LogP contribution in [-0.4, -0.2) is 19.3 Å². The lowest BCUT2D eigenvalue weighted by Crippen LogP contribution is -2.26. The molecule has 0 bridgehead atoms. The number of nitrogen functional groups attached to an aromatic ring is 1. The van der Waals surface area contributed by atoms with Gasteiger partial charge in [-0.3, -0.25) is 0 Å². The van der Waals surface area contributed by atoms with Gasteiger partial charge in [0.05, 0.1) is 18.8 Å². The fourth-order valence-corrected chi connectivity index (χ4v) is 4.12. The zero-order valence-corrected chi connectivity index (χ0v) is 17.7. The Balaban J connectivity index is 1.48. The van der Waals surface area contributed by atoms with Crippen LogP contribution in [0.25, 0.3) is 16.9 Å². The molecule has 0 radical (unpaired) electrons. The van der Waals surface area contributed by atoms with Gasteiger partial charge in [-0.1, -0.05) is 24.3 Å². The maximum absolute atomic E-state index is 9.77. The lowest BCUT2D eigenvalue weighted by molar-refractivity contribution is 0.0254. The number of hydrogen-bond acceptors (Lipinski definition) is 5. The number of ether oxygens (including phenoxy) is 2. The third-order valence-electron chi connectivity index (χ3n) is 5.86. The fraction of sp³-hybridized carbons (Fsp3) is 0.222. The van der Waals surface area contributed by atoms with Crippen LogP contribution in [0.4, 0.5) is 5.69 Å². The van der Waals surface area contributed by atoms with Gasteiger partial charge < -0.3 is 19.6 Å². The van der Waals surface area contributed by atoms with E-state index in [4.69, 9.17) is 19.6 Å². The van der Waals surface area contributed by atoms with Gasteiger partial charge in [-0.2, -0.15) is 5.26 Å². The van der Waals surface area contributed by atoms with Crippen LogP contribution in [0.3, 0.4) is 0 Å². The van der Waals surface area contributed by atoms with Crippen molar-refractivity contribution in [3.05, 3.63) is 89.2 Å². The van der Waals surface area contributed by atoms with Gasteiger partial charge >= 0.3 is 0 Å². The molecule has 2 heterocycles. The Kier molecular flexibility index (Phi) is 5.53. The number of nitrogens with zero attached hydrogens (tertiary/aromatic N) is 1. The highest BCUT2D eigenvalue weighted by atomic mass is 16.5. The molecule has 3 aromatic rings. The molecule has 2 N–H and O–H groups in total. The van der Waals surface area contributed by atoms with Gasteiger partial charge in [0.25, 0.3) is 0 Å². The Morgan fingerprint density at radius 3 is 2.56 bits per heavy atom. The summed E-state index contributed by atoms with van der Waals surface area (Å²) in [4.78, 5) is 0. The minimum Gasteiger partial charge on any atom is -0.489 e. The van der Waals surface area contributed by atoms with Crippen molar-refractivity contribution < 1.29 is 13.9 Å². The molecule has 0 unspecified atom stereocenters. The topological polar surface area (TPSA) is 81.4 Å². The van der Waals surface area contributed by atoms with E-state index >= 15 is 0 Å². The van der Waals surface area contributed by atoms with E-state index in [2.05, 4.69) is 18.2 Å². The molecular weight excluding hydrogens is 400 g/mol. The zero-order valence-electron chi connectivity index (χ0n) is 17.7. The lowest BCUT2D eigenvalue weighted by atomic mass is 9.98. The molecule has 1 aliphatic carbocycles. The standard InChI is InChI=1S/C27H24N2O3/c28-17-21-15-19(7-10-25(21)31-23-11-13-30-14-12-23)24-4-2-1-3-20-16-26(32-27(20)24)18-5-8-22(29)9-6-18/h1-2,4-10,15-16,23H,3,11-14,29H2. The van der Waals surface area contributed by atoms with Crippen LogP contribution >= 0.6 is 0 Å². The third kappa shape index (κ3) is 4.05. The molecule has 2 aromatic carbocycles. The Hall–Kier alpha value is -3.75. The first-order valence-corrected chi connectivity index (χ1v) is 10.9. The quantitative estimate of drug-likeness (QED) is 0.559. The first-order chi connectivity index (χ1) is 15.7. The van der Waals surface area contributed by atoms with Crippen LogP contribution in [0.1, 0.15) is 35.3 Å². The van der Waals surface area contributed by atoms with Crippen molar-refractivity contribution in [1.29, 1.82) is 5.26 Å². The molecule has 5 heteroatoms. The first-order valence-electron chi connectivity index (χ1n) is 10.9. The number of fused-ring (bicyclic) bond motifs is 1. The van der Waals surface area contributed by atoms with Gasteiger partial charge in [0.1, 0.15) is 29.4 Å². The van der Waals surface area contributed by atoms with E-state index < -0.39 is 0 Å². The first kappa shape index (κ1) is 20.2. The Morgan fingerprint density at radius 1 is 1.00 bits per heavy atom. The average molecular weight is 425 g/mol. The molecule has 5 nitrogen and oxygen atoms in total. The summed E-state index contributed by atoms with van der Waals surface area (Å²) in [6.07, 6.45) is 8.73.